The van der Waals surface area contributed by atoms with Gasteiger partial charge in [0.25, 0.3) is 0 Å². The van der Waals surface area contributed by atoms with Gasteiger partial charge in [-0.3, -0.25) is 9.59 Å². The number of nitrogens with one attached hydrogen (secondary N) is 1. The van der Waals surface area contributed by atoms with E-state index < -0.39 is 29.7 Å². The Balaban J connectivity index is 1.91. The predicted molar refractivity (Wildman–Crippen MR) is 144 cm³/mol. The Morgan fingerprint density at radius 1 is 0.974 bits per heavy atom. The van der Waals surface area contributed by atoms with Crippen molar-refractivity contribution in [1.82, 2.24) is 5.32 Å². The zero-order chi connectivity index (χ0) is 27.4. The number of benzene rings is 2. The number of esters is 2. The van der Waals surface area contributed by atoms with Gasteiger partial charge in [0.15, 0.2) is 5.78 Å². The second-order valence-corrected chi connectivity index (χ2v) is 9.45. The van der Waals surface area contributed by atoms with Crippen molar-refractivity contribution in [2.24, 2.45) is 5.92 Å². The normalized spacial score (nSPS) is 21.0. The Morgan fingerprint density at radius 2 is 1.66 bits per heavy atom. The van der Waals surface area contributed by atoms with E-state index >= 15 is 0 Å². The van der Waals surface area contributed by atoms with Crippen molar-refractivity contribution in [1.29, 1.82) is 0 Å². The lowest BCUT2D eigenvalue weighted by Crippen LogP contribution is -2.43. The summed E-state index contributed by atoms with van der Waals surface area (Å²) in [4.78, 5) is 41.0. The van der Waals surface area contributed by atoms with E-state index in [-0.39, 0.29) is 19.0 Å². The Hall–Kier alpha value is -3.87. The lowest BCUT2D eigenvalue weighted by atomic mass is 9.67. The fourth-order valence-electron chi connectivity index (χ4n) is 5.56. The minimum Gasteiger partial charge on any atom is -0.496 e. The molecular formula is C31H35NO6. The number of allylic oxidation sites excluding steroid dienone is 3. The maximum Gasteiger partial charge on any atom is 0.336 e. The summed E-state index contributed by atoms with van der Waals surface area (Å²) in [5.41, 5.74) is 4.82. The number of hydrogen-bond acceptors (Lipinski definition) is 7. The molecule has 0 amide bonds. The number of aryl methyl sites for hydroxylation is 1. The van der Waals surface area contributed by atoms with Crippen LogP contribution in [0.1, 0.15) is 62.6 Å². The number of dihydropyridines is 1. The summed E-state index contributed by atoms with van der Waals surface area (Å²) in [6.45, 7) is 7.72. The molecule has 3 unspecified atom stereocenters. The van der Waals surface area contributed by atoms with E-state index in [0.29, 0.717) is 34.7 Å². The topological polar surface area (TPSA) is 90.9 Å². The summed E-state index contributed by atoms with van der Waals surface area (Å²) in [7, 11) is 1.57. The molecule has 0 saturated carbocycles. The first-order valence-corrected chi connectivity index (χ1v) is 13.2. The van der Waals surface area contributed by atoms with Crippen LogP contribution in [0.2, 0.25) is 0 Å². The largest absolute Gasteiger partial charge is 0.496 e. The van der Waals surface area contributed by atoms with Gasteiger partial charge in [0.2, 0.25) is 0 Å². The molecule has 38 heavy (non-hydrogen) atoms. The molecule has 1 N–H and O–H groups in total. The second-order valence-electron chi connectivity index (χ2n) is 9.45. The van der Waals surface area contributed by atoms with E-state index in [0.717, 1.165) is 23.1 Å². The van der Waals surface area contributed by atoms with Gasteiger partial charge in [0.05, 0.1) is 25.9 Å². The fraction of sp³-hybridized carbons (Fsp3) is 0.387. The maximum atomic E-state index is 14.4. The highest BCUT2D eigenvalue weighted by Crippen LogP contribution is 2.49. The summed E-state index contributed by atoms with van der Waals surface area (Å²) in [5.74, 6) is -3.06. The second kappa shape index (κ2) is 11.7. The molecule has 0 spiro atoms. The van der Waals surface area contributed by atoms with Crippen LogP contribution in [0.25, 0.3) is 0 Å². The molecule has 7 heteroatoms. The van der Waals surface area contributed by atoms with Crippen LogP contribution in [0.5, 0.6) is 5.75 Å². The standard InChI is InChI=1S/C31H35NO6/c1-6-19-13-15-20(16-14-19)26-25(30(34)37-7-2)18(4)32-23-17-22(21-11-9-10-12-24(21)36-5)27(29(33)28(23)26)31(35)38-8-3/h9-16,22,26-27,32H,6-8,17H2,1-5H3. The number of carbonyl (C=O) groups is 3. The van der Waals surface area contributed by atoms with Crippen LogP contribution in [0.15, 0.2) is 71.1 Å². The van der Waals surface area contributed by atoms with Crippen molar-refractivity contribution in [3.05, 3.63) is 87.8 Å². The van der Waals surface area contributed by atoms with Crippen LogP contribution in [-0.2, 0) is 30.3 Å². The average Bonchev–Trinajstić information content (AvgIpc) is 2.92. The zero-order valence-corrected chi connectivity index (χ0v) is 22.6. The summed E-state index contributed by atoms with van der Waals surface area (Å²) < 4.78 is 16.4. The number of para-hydroxylation sites is 1. The molecule has 1 heterocycles. The molecule has 2 aromatic rings. The van der Waals surface area contributed by atoms with E-state index in [2.05, 4.69) is 12.2 Å². The first-order valence-electron chi connectivity index (χ1n) is 13.2. The van der Waals surface area contributed by atoms with Crippen molar-refractivity contribution in [2.75, 3.05) is 20.3 Å². The van der Waals surface area contributed by atoms with Crippen molar-refractivity contribution >= 4 is 17.7 Å². The van der Waals surface area contributed by atoms with Gasteiger partial charge in [0, 0.05) is 28.8 Å². The van der Waals surface area contributed by atoms with Gasteiger partial charge in [-0.1, -0.05) is 49.4 Å². The molecular weight excluding hydrogens is 482 g/mol. The van der Waals surface area contributed by atoms with Gasteiger partial charge < -0.3 is 19.5 Å². The van der Waals surface area contributed by atoms with Crippen LogP contribution in [0.4, 0.5) is 0 Å². The Kier molecular flexibility index (Phi) is 8.35. The zero-order valence-electron chi connectivity index (χ0n) is 22.6. The van der Waals surface area contributed by atoms with Crippen molar-refractivity contribution in [3.8, 4) is 5.75 Å². The molecule has 3 atom stereocenters. The Morgan fingerprint density at radius 3 is 2.29 bits per heavy atom. The van der Waals surface area contributed by atoms with Crippen molar-refractivity contribution < 1.29 is 28.6 Å². The molecule has 0 fully saturated rings. The fourth-order valence-corrected chi connectivity index (χ4v) is 5.56. The summed E-state index contributed by atoms with van der Waals surface area (Å²) in [6, 6.07) is 15.3. The van der Waals surface area contributed by atoms with Gasteiger partial charge in [-0.15, -0.1) is 0 Å². The molecule has 0 bridgehead atoms. The molecule has 0 saturated heterocycles. The van der Waals surface area contributed by atoms with Crippen molar-refractivity contribution in [2.45, 2.75) is 52.4 Å². The molecule has 2 aliphatic rings. The highest BCUT2D eigenvalue weighted by Gasteiger charge is 2.49. The van der Waals surface area contributed by atoms with Gasteiger partial charge >= 0.3 is 11.9 Å². The number of methoxy groups -OCH3 is 1. The van der Waals surface area contributed by atoms with Crippen molar-refractivity contribution in [3.63, 3.8) is 0 Å². The summed E-state index contributed by atoms with van der Waals surface area (Å²) in [6.07, 6.45) is 1.24. The smallest absolute Gasteiger partial charge is 0.336 e. The van der Waals surface area contributed by atoms with Gasteiger partial charge in [-0.2, -0.15) is 0 Å². The highest BCUT2D eigenvalue weighted by molar-refractivity contribution is 6.13. The van der Waals surface area contributed by atoms with Crippen LogP contribution < -0.4 is 10.1 Å². The molecule has 4 rings (SSSR count). The lowest BCUT2D eigenvalue weighted by molar-refractivity contribution is -0.152. The SMILES string of the molecule is CCOC(=O)C1=C(C)NC2=C(C(=O)C(C(=O)OCC)C(c3ccccc3OC)C2)C1c1ccc(CC)cc1. The first-order chi connectivity index (χ1) is 18.4. The van der Waals surface area contributed by atoms with E-state index in [9.17, 15) is 14.4 Å². The number of hydrogen-bond donors (Lipinski definition) is 1. The lowest BCUT2D eigenvalue weighted by Gasteiger charge is -2.39. The van der Waals surface area contributed by atoms with Crippen LogP contribution in [0, 0.1) is 5.92 Å². The Bertz CT molecular complexity index is 1290. The van der Waals surface area contributed by atoms with Gasteiger partial charge in [0.1, 0.15) is 11.7 Å². The number of rotatable bonds is 8. The van der Waals surface area contributed by atoms with Crippen LogP contribution >= 0.6 is 0 Å². The maximum absolute atomic E-state index is 14.4. The molecule has 0 radical (unpaired) electrons. The third-order valence-corrected chi connectivity index (χ3v) is 7.31. The quantitative estimate of drug-likeness (QED) is 0.390. The molecule has 200 valence electrons. The van der Waals surface area contributed by atoms with Gasteiger partial charge in [-0.05, 0) is 56.4 Å². The minimum absolute atomic E-state index is 0.153. The Labute approximate surface area is 223 Å². The molecule has 1 aliphatic carbocycles. The molecule has 1 aliphatic heterocycles. The number of ether oxygens (including phenoxy) is 3. The number of Topliss-reactive ketones (excluding diaryl/α,β-unsaturated/α-hetero) is 1. The van der Waals surface area contributed by atoms with Crippen LogP contribution in [0.3, 0.4) is 0 Å². The molecule has 0 aromatic heterocycles. The number of ketones is 1. The average molecular weight is 518 g/mol. The first kappa shape index (κ1) is 27.2. The summed E-state index contributed by atoms with van der Waals surface area (Å²) >= 11 is 0. The monoisotopic (exact) mass is 517 g/mol. The van der Waals surface area contributed by atoms with E-state index in [4.69, 9.17) is 14.2 Å². The van der Waals surface area contributed by atoms with E-state index in [1.165, 1.54) is 0 Å². The molecule has 2 aromatic carbocycles. The number of carbonyl (C=O) groups excluding carboxylic acids is 3. The van der Waals surface area contributed by atoms with Gasteiger partial charge in [-0.25, -0.2) is 4.79 Å². The van der Waals surface area contributed by atoms with E-state index in [1.54, 1.807) is 21.0 Å². The van der Waals surface area contributed by atoms with Crippen LogP contribution in [-0.4, -0.2) is 38.0 Å². The van der Waals surface area contributed by atoms with E-state index in [1.807, 2.05) is 55.5 Å². The summed E-state index contributed by atoms with van der Waals surface area (Å²) in [5, 5.41) is 3.33. The third-order valence-electron chi connectivity index (χ3n) is 7.31. The third kappa shape index (κ3) is 4.97. The molecule has 7 nitrogen and oxygen atoms in total. The highest BCUT2D eigenvalue weighted by atomic mass is 16.5. The predicted octanol–water partition coefficient (Wildman–Crippen LogP) is 4.97. The minimum atomic E-state index is -1.08.